The Balaban J connectivity index is 1.07. The highest BCUT2D eigenvalue weighted by Crippen LogP contribution is 2.47. The van der Waals surface area contributed by atoms with E-state index in [4.69, 9.17) is 9.47 Å². The normalized spacial score (nSPS) is 22.1. The van der Waals surface area contributed by atoms with Crippen molar-refractivity contribution in [1.82, 2.24) is 10.2 Å². The molecule has 7 rings (SSSR count). The minimum atomic E-state index is -2.18. The minimum Gasteiger partial charge on any atom is -0.497 e. The van der Waals surface area contributed by atoms with Crippen molar-refractivity contribution in [3.8, 4) is 5.75 Å². The number of carbonyl (C=O) groups excluding carboxylic acids is 2. The number of para-hydroxylation sites is 1. The number of nitrogens with one attached hydrogen (secondary N) is 1. The van der Waals surface area contributed by atoms with Crippen LogP contribution in [0.1, 0.15) is 43.7 Å². The lowest BCUT2D eigenvalue weighted by molar-refractivity contribution is -0.135. The van der Waals surface area contributed by atoms with E-state index in [1.165, 1.54) is 10.8 Å². The van der Waals surface area contributed by atoms with Crippen molar-refractivity contribution in [2.75, 3.05) is 49.8 Å². The van der Waals surface area contributed by atoms with Gasteiger partial charge in [-0.25, -0.2) is 0 Å². The summed E-state index contributed by atoms with van der Waals surface area (Å²) in [6.45, 7) is 9.95. The second-order valence-corrected chi connectivity index (χ2v) is 21.1. The number of aryl methyl sites for hydroxylation is 1. The smallest absolute Gasteiger partial charge is 0.254 e. The van der Waals surface area contributed by atoms with Gasteiger partial charge in [-0.15, -0.1) is 0 Å². The number of aliphatic hydroxyl groups excluding tert-OH is 1. The molecule has 3 heterocycles. The quantitative estimate of drug-likeness (QED) is 0.144. The largest absolute Gasteiger partial charge is 0.497 e. The summed E-state index contributed by atoms with van der Waals surface area (Å²) in [5, 5.41) is 14.7. The number of rotatable bonds is 14. The Morgan fingerprint density at radius 3 is 2.20 bits per heavy atom. The van der Waals surface area contributed by atoms with Crippen LogP contribution in [0.4, 0.5) is 11.4 Å². The van der Waals surface area contributed by atoms with E-state index in [0.29, 0.717) is 13.2 Å². The van der Waals surface area contributed by atoms with Crippen LogP contribution in [0.3, 0.4) is 0 Å². The number of benzene rings is 4. The number of piperidine rings is 1. The van der Waals surface area contributed by atoms with Crippen LogP contribution in [-0.4, -0.2) is 87.7 Å². The van der Waals surface area contributed by atoms with Gasteiger partial charge in [0.05, 0.1) is 47.1 Å². The van der Waals surface area contributed by atoms with Gasteiger partial charge in [-0.3, -0.25) is 14.5 Å². The van der Waals surface area contributed by atoms with Gasteiger partial charge in [-0.1, -0.05) is 98.0 Å². The molecule has 3 aliphatic rings. The van der Waals surface area contributed by atoms with Crippen molar-refractivity contribution in [3.63, 3.8) is 0 Å². The van der Waals surface area contributed by atoms with Gasteiger partial charge in [0.2, 0.25) is 5.91 Å². The molecule has 0 saturated carbocycles. The highest BCUT2D eigenvalue weighted by Gasteiger charge is 2.54. The van der Waals surface area contributed by atoms with Crippen LogP contribution in [-0.2, 0) is 27.3 Å². The summed E-state index contributed by atoms with van der Waals surface area (Å²) < 4.78 is 12.5. The predicted molar refractivity (Wildman–Crippen MR) is 226 cm³/mol. The summed E-state index contributed by atoms with van der Waals surface area (Å²) in [5.74, 6) is 1.26. The Morgan fingerprint density at radius 1 is 0.893 bits per heavy atom. The molecular formula is C46H58N4O5Si. The van der Waals surface area contributed by atoms with Crippen molar-refractivity contribution < 1.29 is 24.2 Å². The summed E-state index contributed by atoms with van der Waals surface area (Å²) in [6, 6.07) is 37.3. The summed E-state index contributed by atoms with van der Waals surface area (Å²) in [6.07, 6.45) is 3.27. The number of hydrogen-bond donors (Lipinski definition) is 2. The summed E-state index contributed by atoms with van der Waals surface area (Å²) >= 11 is 0. The second kappa shape index (κ2) is 17.3. The van der Waals surface area contributed by atoms with Crippen LogP contribution < -0.4 is 25.0 Å². The molecule has 4 atom stereocenters. The number of nitrogens with zero attached hydrogens (tertiary/aromatic N) is 3. The first-order valence-corrected chi connectivity index (χ1v) is 23.4. The third-order valence-electron chi connectivity index (χ3n) is 12.8. The molecule has 3 aliphatic heterocycles. The van der Waals surface area contributed by atoms with E-state index < -0.39 is 13.6 Å². The van der Waals surface area contributed by atoms with E-state index in [9.17, 15) is 14.7 Å². The van der Waals surface area contributed by atoms with Gasteiger partial charge in [0.25, 0.3) is 5.91 Å². The van der Waals surface area contributed by atoms with Crippen molar-refractivity contribution in [2.45, 2.75) is 82.0 Å². The van der Waals surface area contributed by atoms with Gasteiger partial charge in [0.15, 0.2) is 0 Å². The van der Waals surface area contributed by atoms with Gasteiger partial charge in [0.1, 0.15) is 11.3 Å². The number of methoxy groups -OCH3 is 1. The van der Waals surface area contributed by atoms with E-state index in [1.807, 2.05) is 65.6 Å². The fraction of sp³-hybridized carbons (Fsp3) is 0.435. The topological polar surface area (TPSA) is 94.6 Å². The first-order chi connectivity index (χ1) is 27.1. The van der Waals surface area contributed by atoms with E-state index in [0.717, 1.165) is 61.5 Å². The molecule has 3 fully saturated rings. The summed E-state index contributed by atoms with van der Waals surface area (Å²) in [4.78, 5) is 34.3. The monoisotopic (exact) mass is 774 g/mol. The number of carbonyl (C=O) groups is 2. The van der Waals surface area contributed by atoms with Gasteiger partial charge in [0, 0.05) is 24.5 Å². The van der Waals surface area contributed by atoms with Crippen molar-refractivity contribution in [2.24, 2.45) is 5.92 Å². The molecule has 0 unspecified atom stereocenters. The fourth-order valence-electron chi connectivity index (χ4n) is 9.68. The Bertz CT molecular complexity index is 1900. The SMILES string of the molecule is COc1ccc([Si](C)(C)[C@@H]2[C@@H](C)[C@@H](CCc3ccc(N4CN(c5ccccc5)C5(CCNCC5)C4=O)cc3)O[C@H]2CC(=O)N(CCO)Cc2ccccc2)cc1. The molecule has 4 aromatic carbocycles. The highest BCUT2D eigenvalue weighted by atomic mass is 28.3. The third-order valence-corrected chi connectivity index (χ3v) is 17.2. The van der Waals surface area contributed by atoms with Crippen molar-refractivity contribution >= 4 is 36.4 Å². The van der Waals surface area contributed by atoms with E-state index in [2.05, 4.69) is 78.8 Å². The first kappa shape index (κ1) is 39.7. The number of hydrogen-bond acceptors (Lipinski definition) is 7. The Hall–Kier alpha value is -4.48. The van der Waals surface area contributed by atoms with Crippen LogP contribution in [0.15, 0.2) is 109 Å². The van der Waals surface area contributed by atoms with Crippen molar-refractivity contribution in [3.05, 3.63) is 120 Å². The van der Waals surface area contributed by atoms with Gasteiger partial charge < -0.3 is 29.7 Å². The zero-order chi connectivity index (χ0) is 39.3. The molecule has 4 aromatic rings. The lowest BCUT2D eigenvalue weighted by Crippen LogP contribution is -2.55. The predicted octanol–water partition coefficient (Wildman–Crippen LogP) is 6.36. The van der Waals surface area contributed by atoms with Crippen LogP contribution in [0.5, 0.6) is 5.75 Å². The minimum absolute atomic E-state index is 0.00873. The number of amides is 2. The van der Waals surface area contributed by atoms with E-state index in [1.54, 1.807) is 12.0 Å². The van der Waals surface area contributed by atoms with Crippen LogP contribution in [0, 0.1) is 5.92 Å². The molecular weight excluding hydrogens is 717 g/mol. The highest BCUT2D eigenvalue weighted by molar-refractivity contribution is 6.91. The molecule has 2 amide bonds. The molecule has 56 heavy (non-hydrogen) atoms. The number of anilines is 2. The zero-order valence-electron chi connectivity index (χ0n) is 33.4. The maximum atomic E-state index is 14.2. The average Bonchev–Trinajstić information content (AvgIpc) is 3.69. The number of ether oxygens (including phenoxy) is 2. The summed E-state index contributed by atoms with van der Waals surface area (Å²) in [7, 11) is -0.487. The van der Waals surface area contributed by atoms with E-state index in [-0.39, 0.29) is 55.1 Å². The maximum absolute atomic E-state index is 14.2. The van der Waals surface area contributed by atoms with Crippen LogP contribution in [0.25, 0.3) is 0 Å². The standard InChI is InChI=1S/C46H58N4O5Si/c1-34-41(24-17-35-15-18-37(19-16-35)49-33-50(38-13-9-6-10-14-38)46(45(49)53)25-27-47-28-26-46)55-42(44(34)56(3,4)40-22-20-39(54-2)21-23-40)31-43(52)48(29-30-51)32-36-11-7-5-8-12-36/h5-16,18-23,34,41-42,44,47,51H,17,24-33H2,1-4H3/t34-,41+,42-,44+/m0/s1. The number of aliphatic hydroxyl groups is 1. The Labute approximate surface area is 333 Å². The molecule has 3 saturated heterocycles. The third kappa shape index (κ3) is 8.16. The molecule has 0 radical (unpaired) electrons. The van der Waals surface area contributed by atoms with Gasteiger partial charge in [-0.2, -0.15) is 0 Å². The van der Waals surface area contributed by atoms with Gasteiger partial charge >= 0.3 is 0 Å². The second-order valence-electron chi connectivity index (χ2n) is 16.4. The maximum Gasteiger partial charge on any atom is 0.254 e. The fourth-order valence-corrected chi connectivity index (χ4v) is 13.7. The Kier molecular flexibility index (Phi) is 12.3. The van der Waals surface area contributed by atoms with Gasteiger partial charge in [-0.05, 0) is 97.8 Å². The van der Waals surface area contributed by atoms with Crippen LogP contribution in [0.2, 0.25) is 18.6 Å². The molecule has 10 heteroatoms. The van der Waals surface area contributed by atoms with Crippen LogP contribution >= 0.6 is 0 Å². The summed E-state index contributed by atoms with van der Waals surface area (Å²) in [5.41, 5.74) is 3.92. The van der Waals surface area contributed by atoms with Crippen molar-refractivity contribution in [1.29, 1.82) is 0 Å². The molecule has 296 valence electrons. The van der Waals surface area contributed by atoms with E-state index >= 15 is 0 Å². The molecule has 9 nitrogen and oxygen atoms in total. The molecule has 0 aliphatic carbocycles. The lowest BCUT2D eigenvalue weighted by atomic mass is 9.86. The average molecular weight is 775 g/mol. The zero-order valence-corrected chi connectivity index (χ0v) is 34.4. The molecule has 1 spiro atoms. The Morgan fingerprint density at radius 2 is 1.55 bits per heavy atom. The molecule has 0 aromatic heterocycles. The molecule has 0 bridgehead atoms. The lowest BCUT2D eigenvalue weighted by Gasteiger charge is -2.39. The molecule has 2 N–H and O–H groups in total. The first-order valence-electron chi connectivity index (χ1n) is 20.3.